The van der Waals surface area contributed by atoms with Gasteiger partial charge < -0.3 is 10.5 Å². The molecular formula is C16H24N2O2. The summed E-state index contributed by atoms with van der Waals surface area (Å²) in [6.07, 6.45) is 3.53. The highest BCUT2D eigenvalue weighted by Gasteiger charge is 2.28. The Kier molecular flexibility index (Phi) is 5.56. The fraction of sp³-hybridized carbons (Fsp3) is 0.562. The highest BCUT2D eigenvalue weighted by atomic mass is 16.5. The molecule has 2 rings (SSSR count). The molecule has 0 radical (unpaired) electrons. The van der Waals surface area contributed by atoms with Crippen LogP contribution in [0.25, 0.3) is 0 Å². The molecule has 0 aliphatic carbocycles. The van der Waals surface area contributed by atoms with Crippen LogP contribution in [0.1, 0.15) is 30.7 Å². The Labute approximate surface area is 120 Å². The van der Waals surface area contributed by atoms with E-state index in [4.69, 9.17) is 10.5 Å². The summed E-state index contributed by atoms with van der Waals surface area (Å²) >= 11 is 0. The van der Waals surface area contributed by atoms with Crippen LogP contribution in [0.15, 0.2) is 30.3 Å². The second-order valence-corrected chi connectivity index (χ2v) is 5.37. The van der Waals surface area contributed by atoms with Gasteiger partial charge in [-0.25, -0.2) is 0 Å². The molecule has 2 N–H and O–H groups in total. The summed E-state index contributed by atoms with van der Waals surface area (Å²) in [5.74, 6) is -0.397. The van der Waals surface area contributed by atoms with Gasteiger partial charge in [0.2, 0.25) is 0 Å². The number of rotatable bonds is 5. The van der Waals surface area contributed by atoms with E-state index in [-0.39, 0.29) is 11.9 Å². The maximum Gasteiger partial charge on any atom is 0.314 e. The zero-order chi connectivity index (χ0) is 14.4. The summed E-state index contributed by atoms with van der Waals surface area (Å²) in [6, 6.07) is 10.2. The van der Waals surface area contributed by atoms with E-state index in [9.17, 15) is 4.79 Å². The summed E-state index contributed by atoms with van der Waals surface area (Å²) in [5.41, 5.74) is 6.87. The summed E-state index contributed by atoms with van der Waals surface area (Å²) in [5, 5.41) is 0. The number of likely N-dealkylation sites (tertiary alicyclic amines) is 1. The molecule has 0 spiro atoms. The molecule has 1 saturated heterocycles. The highest BCUT2D eigenvalue weighted by Crippen LogP contribution is 2.23. The molecule has 1 heterocycles. The molecular weight excluding hydrogens is 252 g/mol. The number of esters is 1. The first-order chi connectivity index (χ1) is 9.76. The van der Waals surface area contributed by atoms with Crippen LogP contribution in [0.2, 0.25) is 0 Å². The second kappa shape index (κ2) is 7.41. The monoisotopic (exact) mass is 276 g/mol. The lowest BCUT2D eigenvalue weighted by Gasteiger charge is -2.36. The van der Waals surface area contributed by atoms with Gasteiger partial charge in [0.05, 0.1) is 13.0 Å². The quantitative estimate of drug-likeness (QED) is 0.833. The molecule has 2 unspecified atom stereocenters. The molecule has 1 aromatic rings. The Balaban J connectivity index is 2.13. The number of piperidine rings is 1. The molecule has 0 aromatic heterocycles. The molecule has 110 valence electrons. The van der Waals surface area contributed by atoms with Crippen molar-refractivity contribution in [3.63, 3.8) is 0 Å². The van der Waals surface area contributed by atoms with E-state index in [2.05, 4.69) is 4.90 Å². The van der Waals surface area contributed by atoms with Gasteiger partial charge in [-0.1, -0.05) is 36.8 Å². The number of benzene rings is 1. The van der Waals surface area contributed by atoms with Crippen molar-refractivity contribution in [3.8, 4) is 0 Å². The van der Waals surface area contributed by atoms with E-state index in [1.54, 1.807) is 0 Å². The summed E-state index contributed by atoms with van der Waals surface area (Å²) in [6.45, 7) is 2.36. The van der Waals surface area contributed by atoms with E-state index in [0.29, 0.717) is 19.1 Å². The Bertz CT molecular complexity index is 422. The van der Waals surface area contributed by atoms with Crippen LogP contribution in [0.5, 0.6) is 0 Å². The number of methoxy groups -OCH3 is 1. The molecule has 4 nitrogen and oxygen atoms in total. The van der Waals surface area contributed by atoms with Crippen molar-refractivity contribution in [1.82, 2.24) is 4.90 Å². The number of ether oxygens (including phenoxy) is 1. The predicted molar refractivity (Wildman–Crippen MR) is 79.5 cm³/mol. The Morgan fingerprint density at radius 1 is 1.40 bits per heavy atom. The summed E-state index contributed by atoms with van der Waals surface area (Å²) in [7, 11) is 1.45. The summed E-state index contributed by atoms with van der Waals surface area (Å²) in [4.78, 5) is 14.4. The van der Waals surface area contributed by atoms with E-state index in [1.807, 2.05) is 30.3 Å². The maximum absolute atomic E-state index is 12.1. The van der Waals surface area contributed by atoms with Crippen LogP contribution in [0.3, 0.4) is 0 Å². The van der Waals surface area contributed by atoms with Crippen molar-refractivity contribution in [2.24, 2.45) is 5.73 Å². The molecule has 1 aliphatic heterocycles. The molecule has 4 heteroatoms. The van der Waals surface area contributed by atoms with Gasteiger partial charge in [-0.05, 0) is 24.9 Å². The SMILES string of the molecule is COC(=O)C(CN1CCCCC1CN)c1ccccc1. The minimum absolute atomic E-state index is 0.169. The Hall–Kier alpha value is -1.39. The minimum atomic E-state index is -0.228. The average Bonchev–Trinajstić information content (AvgIpc) is 2.53. The van der Waals surface area contributed by atoms with Crippen LogP contribution >= 0.6 is 0 Å². The fourth-order valence-electron chi connectivity index (χ4n) is 2.95. The van der Waals surface area contributed by atoms with E-state index in [1.165, 1.54) is 20.0 Å². The van der Waals surface area contributed by atoms with Gasteiger partial charge in [0.1, 0.15) is 0 Å². The van der Waals surface area contributed by atoms with Crippen molar-refractivity contribution >= 4 is 5.97 Å². The van der Waals surface area contributed by atoms with Gasteiger partial charge in [-0.2, -0.15) is 0 Å². The van der Waals surface area contributed by atoms with Gasteiger partial charge in [0.15, 0.2) is 0 Å². The normalized spacial score (nSPS) is 21.4. The number of carbonyl (C=O) groups excluding carboxylic acids is 1. The van der Waals surface area contributed by atoms with Gasteiger partial charge in [-0.3, -0.25) is 9.69 Å². The zero-order valence-corrected chi connectivity index (χ0v) is 12.1. The first-order valence-corrected chi connectivity index (χ1v) is 7.33. The number of carbonyl (C=O) groups is 1. The van der Waals surface area contributed by atoms with Crippen molar-refractivity contribution in [2.45, 2.75) is 31.2 Å². The van der Waals surface area contributed by atoms with Crippen molar-refractivity contribution in [1.29, 1.82) is 0 Å². The predicted octanol–water partition coefficient (Wildman–Crippen LogP) is 1.76. The van der Waals surface area contributed by atoms with Gasteiger partial charge >= 0.3 is 5.97 Å². The standard InChI is InChI=1S/C16H24N2O2/c1-20-16(19)15(13-7-3-2-4-8-13)12-18-10-6-5-9-14(18)11-17/h2-4,7-8,14-15H,5-6,9-12,17H2,1H3. The number of nitrogens with zero attached hydrogens (tertiary/aromatic N) is 1. The molecule has 1 aromatic carbocycles. The number of hydrogen-bond donors (Lipinski definition) is 1. The van der Waals surface area contributed by atoms with E-state index < -0.39 is 0 Å². The van der Waals surface area contributed by atoms with Crippen LogP contribution < -0.4 is 5.73 Å². The zero-order valence-electron chi connectivity index (χ0n) is 12.1. The lowest BCUT2D eigenvalue weighted by molar-refractivity contribution is -0.143. The number of hydrogen-bond acceptors (Lipinski definition) is 4. The molecule has 0 amide bonds. The minimum Gasteiger partial charge on any atom is -0.469 e. The molecule has 2 atom stereocenters. The third-order valence-corrected chi connectivity index (χ3v) is 4.13. The van der Waals surface area contributed by atoms with Crippen molar-refractivity contribution in [2.75, 3.05) is 26.7 Å². The first kappa shape index (κ1) is 15.0. The Morgan fingerprint density at radius 2 is 2.15 bits per heavy atom. The third kappa shape index (κ3) is 3.58. The molecule has 1 fully saturated rings. The van der Waals surface area contributed by atoms with Gasteiger partial charge in [0.25, 0.3) is 0 Å². The highest BCUT2D eigenvalue weighted by molar-refractivity contribution is 5.78. The molecule has 0 saturated carbocycles. The Morgan fingerprint density at radius 3 is 2.80 bits per heavy atom. The van der Waals surface area contributed by atoms with E-state index in [0.717, 1.165) is 18.5 Å². The maximum atomic E-state index is 12.1. The third-order valence-electron chi connectivity index (χ3n) is 4.13. The van der Waals surface area contributed by atoms with Crippen LogP contribution in [0, 0.1) is 0 Å². The topological polar surface area (TPSA) is 55.6 Å². The van der Waals surface area contributed by atoms with Crippen LogP contribution in [-0.4, -0.2) is 43.7 Å². The van der Waals surface area contributed by atoms with Crippen LogP contribution in [0.4, 0.5) is 0 Å². The largest absolute Gasteiger partial charge is 0.469 e. The molecule has 20 heavy (non-hydrogen) atoms. The first-order valence-electron chi connectivity index (χ1n) is 7.33. The van der Waals surface area contributed by atoms with Crippen LogP contribution in [-0.2, 0) is 9.53 Å². The summed E-state index contributed by atoms with van der Waals surface area (Å²) < 4.78 is 4.98. The fourth-order valence-corrected chi connectivity index (χ4v) is 2.95. The van der Waals surface area contributed by atoms with Crippen molar-refractivity contribution in [3.05, 3.63) is 35.9 Å². The molecule has 1 aliphatic rings. The van der Waals surface area contributed by atoms with E-state index >= 15 is 0 Å². The number of nitrogens with two attached hydrogens (primary N) is 1. The lowest BCUT2D eigenvalue weighted by atomic mass is 9.95. The lowest BCUT2D eigenvalue weighted by Crippen LogP contribution is -2.46. The van der Waals surface area contributed by atoms with Gasteiger partial charge in [-0.15, -0.1) is 0 Å². The smallest absolute Gasteiger partial charge is 0.314 e. The average molecular weight is 276 g/mol. The van der Waals surface area contributed by atoms with Crippen molar-refractivity contribution < 1.29 is 9.53 Å². The second-order valence-electron chi connectivity index (χ2n) is 5.37. The van der Waals surface area contributed by atoms with Gasteiger partial charge in [0, 0.05) is 19.1 Å². The molecule has 0 bridgehead atoms.